The first-order valence-corrected chi connectivity index (χ1v) is 29.5. The summed E-state index contributed by atoms with van der Waals surface area (Å²) in [5.74, 6) is -1.95. The summed E-state index contributed by atoms with van der Waals surface area (Å²) in [5.41, 5.74) is 1.19. The summed E-state index contributed by atoms with van der Waals surface area (Å²) in [6, 6.07) is 23.7. The van der Waals surface area contributed by atoms with Gasteiger partial charge in [-0.25, -0.2) is 0 Å². The zero-order valence-corrected chi connectivity index (χ0v) is 46.1. The molecule has 10 heteroatoms. The van der Waals surface area contributed by atoms with Crippen LogP contribution in [0.25, 0.3) is 75.4 Å². The number of benzene rings is 8. The number of rotatable bonds is 26. The fraction of sp³-hybridized carbons (Fsp3) is 0.441. The molecule has 8 aromatic carbocycles. The highest BCUT2D eigenvalue weighted by Gasteiger charge is 2.43. The van der Waals surface area contributed by atoms with E-state index >= 15 is 19.2 Å². The van der Waals surface area contributed by atoms with E-state index in [1.165, 1.54) is 9.80 Å². The first-order valence-electron chi connectivity index (χ1n) is 29.5. The number of nitriles is 4. The maximum Gasteiger partial charge on any atom is 0.263 e. The minimum Gasteiger partial charge on any atom is -0.271 e. The van der Waals surface area contributed by atoms with E-state index < -0.39 is 23.6 Å². The zero-order valence-electron chi connectivity index (χ0n) is 46.1. The third-order valence-electron chi connectivity index (χ3n) is 17.6. The number of unbranched alkanes of at least 4 members (excludes halogenated alkanes) is 16. The number of imide groups is 2. The Hall–Kier alpha value is -7.66. The molecule has 0 aromatic heterocycles. The van der Waals surface area contributed by atoms with Crippen molar-refractivity contribution in [3.63, 3.8) is 0 Å². The van der Waals surface area contributed by atoms with Crippen LogP contribution in [0.2, 0.25) is 0 Å². The van der Waals surface area contributed by atoms with E-state index in [-0.39, 0.29) is 56.6 Å². The largest absolute Gasteiger partial charge is 0.271 e. The first-order chi connectivity index (χ1) is 38.1. The molecule has 0 spiro atoms. The van der Waals surface area contributed by atoms with Crippen molar-refractivity contribution in [2.75, 3.05) is 0 Å². The fourth-order valence-corrected chi connectivity index (χ4v) is 13.8. The standard InChI is InChI=1S/C68H70N6O4/c1-5-9-13-17-21-25-45(26-22-18-14-10-6-2)73-65(75)55-41(37-69)33-51-47-29-31-49-53-35-43(39-71)57-64-58(68(78)74(67(57)77)46(27-23-19-15-11-7-3)28-24-20-16-12-8-4)44(40-72)36-54(62(53)64)50-32-30-48(59(47)60(49)50)52-34-42(38-70)56(66(73)76)63(55)61(51)52/h29-36,45-46H,5-28H2,1-4H3. The summed E-state index contributed by atoms with van der Waals surface area (Å²) in [6.45, 7) is 8.70. The van der Waals surface area contributed by atoms with Crippen molar-refractivity contribution in [3.8, 4) is 24.3 Å². The van der Waals surface area contributed by atoms with Crippen molar-refractivity contribution >= 4 is 99.0 Å². The molecule has 0 unspecified atom stereocenters. The van der Waals surface area contributed by atoms with Crippen LogP contribution in [-0.2, 0) is 0 Å². The molecule has 0 radical (unpaired) electrons. The molecule has 8 aromatic rings. The van der Waals surface area contributed by atoms with Crippen LogP contribution in [-0.4, -0.2) is 45.5 Å². The Morgan fingerprint density at radius 2 is 0.538 bits per heavy atom. The highest BCUT2D eigenvalue weighted by molar-refractivity contribution is 6.46. The second-order valence-corrected chi connectivity index (χ2v) is 22.5. The fourth-order valence-electron chi connectivity index (χ4n) is 13.8. The topological polar surface area (TPSA) is 170 Å². The molecule has 0 aliphatic carbocycles. The van der Waals surface area contributed by atoms with Crippen LogP contribution in [0.15, 0.2) is 48.5 Å². The molecule has 0 fully saturated rings. The van der Waals surface area contributed by atoms with Crippen molar-refractivity contribution in [2.24, 2.45) is 0 Å². The molecule has 2 aliphatic heterocycles. The van der Waals surface area contributed by atoms with Gasteiger partial charge >= 0.3 is 0 Å². The monoisotopic (exact) mass is 1030 g/mol. The molecule has 2 heterocycles. The maximum atomic E-state index is 15.2. The van der Waals surface area contributed by atoms with E-state index in [4.69, 9.17) is 0 Å². The number of amides is 4. The van der Waals surface area contributed by atoms with Crippen LogP contribution < -0.4 is 0 Å². The van der Waals surface area contributed by atoms with Gasteiger partial charge < -0.3 is 0 Å². The Morgan fingerprint density at radius 1 is 0.321 bits per heavy atom. The molecule has 78 heavy (non-hydrogen) atoms. The summed E-state index contributed by atoms with van der Waals surface area (Å²) >= 11 is 0. The SMILES string of the molecule is CCCCCCCC(CCCCCCC)N1C(=O)c2c(C#N)cc3c4ccc5c6cc(C#N)c7c8c(c(C#N)cc(c9ccc(c%10cc(C#N)c(c2c3%10)C1=O)c4c59)c86)C(=O)N(C(CCCCCCC)CCCCCCC)C7=O. The van der Waals surface area contributed by atoms with Gasteiger partial charge in [0.1, 0.15) is 24.3 Å². The Kier molecular flexibility index (Phi) is 15.9. The van der Waals surface area contributed by atoms with E-state index in [1.54, 1.807) is 24.3 Å². The maximum absolute atomic E-state index is 15.2. The van der Waals surface area contributed by atoms with Crippen molar-refractivity contribution in [1.29, 1.82) is 21.0 Å². The van der Waals surface area contributed by atoms with Crippen molar-refractivity contribution in [3.05, 3.63) is 93.0 Å². The Bertz CT molecular complexity index is 3390. The lowest BCUT2D eigenvalue weighted by atomic mass is 9.78. The molecule has 0 N–H and O–H groups in total. The van der Waals surface area contributed by atoms with E-state index in [1.807, 2.05) is 24.3 Å². The molecule has 0 bridgehead atoms. The van der Waals surface area contributed by atoms with E-state index in [0.29, 0.717) is 68.8 Å². The quantitative estimate of drug-likeness (QED) is 0.0223. The highest BCUT2D eigenvalue weighted by atomic mass is 16.2. The molecular weight excluding hydrogens is 965 g/mol. The predicted molar refractivity (Wildman–Crippen MR) is 312 cm³/mol. The summed E-state index contributed by atoms with van der Waals surface area (Å²) in [6.07, 6.45) is 23.3. The summed E-state index contributed by atoms with van der Waals surface area (Å²) < 4.78 is 0. The van der Waals surface area contributed by atoms with Crippen LogP contribution >= 0.6 is 0 Å². The summed E-state index contributed by atoms with van der Waals surface area (Å²) in [4.78, 5) is 63.6. The van der Waals surface area contributed by atoms with Gasteiger partial charge in [0.25, 0.3) is 23.6 Å². The van der Waals surface area contributed by atoms with E-state index in [9.17, 15) is 21.0 Å². The first kappa shape index (κ1) is 53.7. The summed E-state index contributed by atoms with van der Waals surface area (Å²) in [5, 5.41) is 53.5. The lowest BCUT2D eigenvalue weighted by molar-refractivity contribution is 0.0501. The minimum atomic E-state index is -0.488. The number of hydrogen-bond acceptors (Lipinski definition) is 8. The average molecular weight is 1040 g/mol. The Labute approximate surface area is 458 Å². The van der Waals surface area contributed by atoms with Gasteiger partial charge in [-0.05, 0) is 115 Å². The Balaban J connectivity index is 1.16. The number of carbonyl (C=O) groups is 4. The van der Waals surface area contributed by atoms with Crippen molar-refractivity contribution in [1.82, 2.24) is 9.80 Å². The van der Waals surface area contributed by atoms with Gasteiger partial charge in [0.05, 0.1) is 44.5 Å². The number of nitrogens with zero attached hydrogens (tertiary/aromatic N) is 6. The molecular formula is C68H70N6O4. The summed E-state index contributed by atoms with van der Waals surface area (Å²) in [7, 11) is 0. The molecule has 396 valence electrons. The second kappa shape index (κ2) is 23.1. The average Bonchev–Trinajstić information content (AvgIpc) is 2.04. The second-order valence-electron chi connectivity index (χ2n) is 22.5. The molecule has 2 aliphatic rings. The van der Waals surface area contributed by atoms with Crippen LogP contribution in [0, 0.1) is 45.3 Å². The predicted octanol–water partition coefficient (Wildman–Crippen LogP) is 17.5. The normalized spacial score (nSPS) is 13.6. The Morgan fingerprint density at radius 3 is 0.756 bits per heavy atom. The van der Waals surface area contributed by atoms with Crippen LogP contribution in [0.5, 0.6) is 0 Å². The third kappa shape index (κ3) is 8.93. The molecule has 10 nitrogen and oxygen atoms in total. The van der Waals surface area contributed by atoms with Gasteiger partial charge in [-0.2, -0.15) is 21.0 Å². The number of fused-ring (bicyclic) bond motifs is 4. The van der Waals surface area contributed by atoms with Crippen LogP contribution in [0.1, 0.15) is 245 Å². The van der Waals surface area contributed by atoms with E-state index in [0.717, 1.165) is 161 Å². The molecule has 0 saturated carbocycles. The van der Waals surface area contributed by atoms with Crippen molar-refractivity contribution < 1.29 is 19.2 Å². The lowest BCUT2D eigenvalue weighted by Crippen LogP contribution is -2.47. The van der Waals surface area contributed by atoms with Gasteiger partial charge in [0, 0.05) is 22.9 Å². The van der Waals surface area contributed by atoms with Gasteiger partial charge in [-0.3, -0.25) is 29.0 Å². The zero-order chi connectivity index (χ0) is 54.8. The third-order valence-corrected chi connectivity index (χ3v) is 17.6. The lowest BCUT2D eigenvalue weighted by Gasteiger charge is -2.36. The molecule has 0 saturated heterocycles. The highest BCUT2D eigenvalue weighted by Crippen LogP contribution is 2.52. The smallest absolute Gasteiger partial charge is 0.263 e. The number of carbonyl (C=O) groups excluding carboxylic acids is 4. The molecule has 0 atom stereocenters. The van der Waals surface area contributed by atoms with Crippen LogP contribution in [0.3, 0.4) is 0 Å². The molecule has 10 rings (SSSR count). The molecule has 4 amide bonds. The van der Waals surface area contributed by atoms with Crippen LogP contribution in [0.4, 0.5) is 0 Å². The minimum absolute atomic E-state index is 0.136. The van der Waals surface area contributed by atoms with Gasteiger partial charge in [-0.15, -0.1) is 0 Å². The van der Waals surface area contributed by atoms with Gasteiger partial charge in [0.2, 0.25) is 0 Å². The van der Waals surface area contributed by atoms with Gasteiger partial charge in [-0.1, -0.05) is 180 Å². The number of hydrogen-bond donors (Lipinski definition) is 0. The van der Waals surface area contributed by atoms with Crippen molar-refractivity contribution in [2.45, 2.75) is 194 Å². The van der Waals surface area contributed by atoms with Gasteiger partial charge in [0.15, 0.2) is 0 Å². The van der Waals surface area contributed by atoms with E-state index in [2.05, 4.69) is 52.0 Å².